The van der Waals surface area contributed by atoms with E-state index in [9.17, 15) is 4.79 Å². The van der Waals surface area contributed by atoms with Gasteiger partial charge in [-0.3, -0.25) is 9.78 Å². The predicted molar refractivity (Wildman–Crippen MR) is 66.0 cm³/mol. The lowest BCUT2D eigenvalue weighted by Gasteiger charge is -1.93. The van der Waals surface area contributed by atoms with E-state index >= 15 is 0 Å². The number of carboxylic acids is 1. The molecule has 0 amide bonds. The fourth-order valence-corrected chi connectivity index (χ4v) is 2.55. The van der Waals surface area contributed by atoms with Crippen LogP contribution in [0.4, 0.5) is 0 Å². The molecule has 1 N–H and O–H groups in total. The van der Waals surface area contributed by atoms with Crippen LogP contribution in [-0.2, 0) is 11.2 Å². The van der Waals surface area contributed by atoms with Crippen LogP contribution in [0.25, 0.3) is 10.6 Å². The summed E-state index contributed by atoms with van der Waals surface area (Å²) in [5.74, 6) is -0.777. The van der Waals surface area contributed by atoms with Crippen molar-refractivity contribution in [1.82, 2.24) is 9.97 Å². The van der Waals surface area contributed by atoms with Crippen LogP contribution in [-0.4, -0.2) is 21.0 Å². The van der Waals surface area contributed by atoms with Crippen LogP contribution in [0.3, 0.4) is 0 Å². The van der Waals surface area contributed by atoms with Crippen LogP contribution in [0.1, 0.15) is 17.0 Å². The Morgan fingerprint density at radius 3 is 3.00 bits per heavy atom. The second kappa shape index (κ2) is 5.05. The fourth-order valence-electron chi connectivity index (χ4n) is 1.49. The molecule has 0 spiro atoms. The number of aliphatic carboxylic acids is 1. The molecule has 0 saturated heterocycles. The first kappa shape index (κ1) is 11.7. The summed E-state index contributed by atoms with van der Waals surface area (Å²) in [5, 5.41) is 9.56. The SMILES string of the molecule is Cc1nc(-c2cccnc2)sc1CCC(=O)O. The number of carbonyl (C=O) groups is 1. The maximum atomic E-state index is 10.5. The van der Waals surface area contributed by atoms with Gasteiger partial charge < -0.3 is 5.11 Å². The largest absolute Gasteiger partial charge is 0.481 e. The van der Waals surface area contributed by atoms with Crippen molar-refractivity contribution >= 4 is 17.3 Å². The van der Waals surface area contributed by atoms with E-state index in [1.165, 1.54) is 0 Å². The van der Waals surface area contributed by atoms with Gasteiger partial charge in [0, 0.05) is 22.8 Å². The highest BCUT2D eigenvalue weighted by Crippen LogP contribution is 2.27. The number of rotatable bonds is 4. The van der Waals surface area contributed by atoms with Gasteiger partial charge in [0.15, 0.2) is 0 Å². The summed E-state index contributed by atoms with van der Waals surface area (Å²) in [6.07, 6.45) is 4.17. The molecule has 0 aromatic carbocycles. The average Bonchev–Trinajstić information content (AvgIpc) is 2.69. The van der Waals surface area contributed by atoms with Crippen LogP contribution in [0.5, 0.6) is 0 Å². The molecule has 2 aromatic rings. The predicted octanol–water partition coefficient (Wildman–Crippen LogP) is 2.53. The second-order valence-electron chi connectivity index (χ2n) is 3.66. The van der Waals surface area contributed by atoms with Gasteiger partial charge in [0.2, 0.25) is 0 Å². The first-order valence-electron chi connectivity index (χ1n) is 5.25. The van der Waals surface area contributed by atoms with Gasteiger partial charge in [-0.2, -0.15) is 0 Å². The molecule has 0 bridgehead atoms. The molecule has 0 aliphatic rings. The smallest absolute Gasteiger partial charge is 0.303 e. The lowest BCUT2D eigenvalue weighted by molar-refractivity contribution is -0.136. The van der Waals surface area contributed by atoms with E-state index in [-0.39, 0.29) is 6.42 Å². The molecule has 2 rings (SSSR count). The van der Waals surface area contributed by atoms with Crippen molar-refractivity contribution in [3.05, 3.63) is 35.1 Å². The summed E-state index contributed by atoms with van der Waals surface area (Å²) in [5.41, 5.74) is 1.89. The second-order valence-corrected chi connectivity index (χ2v) is 4.75. The zero-order chi connectivity index (χ0) is 12.3. The number of aryl methyl sites for hydroxylation is 2. The third-order valence-electron chi connectivity index (χ3n) is 2.37. The minimum atomic E-state index is -0.777. The van der Waals surface area contributed by atoms with Crippen molar-refractivity contribution in [3.8, 4) is 10.6 Å². The fraction of sp³-hybridized carbons (Fsp3) is 0.250. The zero-order valence-electron chi connectivity index (χ0n) is 9.38. The first-order chi connectivity index (χ1) is 8.16. The van der Waals surface area contributed by atoms with Crippen LogP contribution >= 0.6 is 11.3 Å². The summed E-state index contributed by atoms with van der Waals surface area (Å²) >= 11 is 1.54. The molecule has 0 saturated carbocycles. The van der Waals surface area contributed by atoms with E-state index in [4.69, 9.17) is 5.11 Å². The quantitative estimate of drug-likeness (QED) is 0.903. The molecule has 0 aliphatic carbocycles. The Kier molecular flexibility index (Phi) is 3.49. The van der Waals surface area contributed by atoms with Crippen molar-refractivity contribution in [2.75, 3.05) is 0 Å². The summed E-state index contributed by atoms with van der Waals surface area (Å²) in [4.78, 5) is 20.1. The number of hydrogen-bond donors (Lipinski definition) is 1. The Morgan fingerprint density at radius 2 is 2.35 bits per heavy atom. The molecule has 4 nitrogen and oxygen atoms in total. The third kappa shape index (κ3) is 2.88. The highest BCUT2D eigenvalue weighted by molar-refractivity contribution is 7.15. The van der Waals surface area contributed by atoms with Gasteiger partial charge in [0.25, 0.3) is 0 Å². The number of pyridine rings is 1. The Hall–Kier alpha value is -1.75. The van der Waals surface area contributed by atoms with E-state index in [2.05, 4.69) is 9.97 Å². The van der Waals surface area contributed by atoms with E-state index < -0.39 is 5.97 Å². The Balaban J connectivity index is 2.22. The van der Waals surface area contributed by atoms with Crippen LogP contribution in [0.2, 0.25) is 0 Å². The molecule has 0 unspecified atom stereocenters. The van der Waals surface area contributed by atoms with E-state index in [1.54, 1.807) is 23.7 Å². The Morgan fingerprint density at radius 1 is 1.53 bits per heavy atom. The van der Waals surface area contributed by atoms with Crippen LogP contribution in [0, 0.1) is 6.92 Å². The number of hydrogen-bond acceptors (Lipinski definition) is 4. The van der Waals surface area contributed by atoms with E-state index in [1.807, 2.05) is 19.1 Å². The van der Waals surface area contributed by atoms with Crippen molar-refractivity contribution in [2.45, 2.75) is 19.8 Å². The van der Waals surface area contributed by atoms with Crippen molar-refractivity contribution in [3.63, 3.8) is 0 Å². The Bertz CT molecular complexity index is 523. The molecular weight excluding hydrogens is 236 g/mol. The highest BCUT2D eigenvalue weighted by atomic mass is 32.1. The van der Waals surface area contributed by atoms with Gasteiger partial charge >= 0.3 is 5.97 Å². The normalized spacial score (nSPS) is 10.4. The van der Waals surface area contributed by atoms with Gasteiger partial charge in [-0.05, 0) is 25.5 Å². The topological polar surface area (TPSA) is 63.1 Å². The standard InChI is InChI=1S/C12H12N2O2S/c1-8-10(4-5-11(15)16)17-12(14-8)9-3-2-6-13-7-9/h2-3,6-7H,4-5H2,1H3,(H,15,16). The third-order valence-corrected chi connectivity index (χ3v) is 3.63. The molecule has 88 valence electrons. The van der Waals surface area contributed by atoms with Crippen molar-refractivity contribution in [1.29, 1.82) is 0 Å². The maximum Gasteiger partial charge on any atom is 0.303 e. The molecular formula is C12H12N2O2S. The molecule has 5 heteroatoms. The molecule has 0 aliphatic heterocycles. The number of nitrogens with zero attached hydrogens (tertiary/aromatic N) is 2. The molecule has 2 aromatic heterocycles. The molecule has 17 heavy (non-hydrogen) atoms. The summed E-state index contributed by atoms with van der Waals surface area (Å²) in [7, 11) is 0. The summed E-state index contributed by atoms with van der Waals surface area (Å²) in [6.45, 7) is 1.91. The molecule has 0 radical (unpaired) electrons. The zero-order valence-corrected chi connectivity index (χ0v) is 10.2. The maximum absolute atomic E-state index is 10.5. The van der Waals surface area contributed by atoms with E-state index in [0.29, 0.717) is 6.42 Å². The van der Waals surface area contributed by atoms with Crippen molar-refractivity contribution in [2.24, 2.45) is 0 Å². The number of thiazole rings is 1. The molecule has 0 atom stereocenters. The lowest BCUT2D eigenvalue weighted by Crippen LogP contribution is -1.96. The summed E-state index contributed by atoms with van der Waals surface area (Å²) in [6, 6.07) is 3.81. The van der Waals surface area contributed by atoms with Gasteiger partial charge in [-0.15, -0.1) is 11.3 Å². The van der Waals surface area contributed by atoms with Crippen molar-refractivity contribution < 1.29 is 9.90 Å². The molecule has 2 heterocycles. The van der Waals surface area contributed by atoms with Gasteiger partial charge in [-0.25, -0.2) is 4.98 Å². The Labute approximate surface area is 103 Å². The lowest BCUT2D eigenvalue weighted by atomic mass is 10.2. The van der Waals surface area contributed by atoms with Gasteiger partial charge in [-0.1, -0.05) is 0 Å². The monoisotopic (exact) mass is 248 g/mol. The minimum Gasteiger partial charge on any atom is -0.481 e. The van der Waals surface area contributed by atoms with Crippen LogP contribution < -0.4 is 0 Å². The molecule has 0 fully saturated rings. The van der Waals surface area contributed by atoms with Crippen LogP contribution in [0.15, 0.2) is 24.5 Å². The minimum absolute atomic E-state index is 0.148. The van der Waals surface area contributed by atoms with Gasteiger partial charge in [0.1, 0.15) is 5.01 Å². The first-order valence-corrected chi connectivity index (χ1v) is 6.07. The summed E-state index contributed by atoms with van der Waals surface area (Å²) < 4.78 is 0. The number of aromatic nitrogens is 2. The van der Waals surface area contributed by atoms with E-state index in [0.717, 1.165) is 21.1 Å². The number of carboxylic acid groups (broad SMARTS) is 1. The average molecular weight is 248 g/mol. The van der Waals surface area contributed by atoms with Gasteiger partial charge in [0.05, 0.1) is 12.1 Å². The highest BCUT2D eigenvalue weighted by Gasteiger charge is 2.10.